The van der Waals surface area contributed by atoms with Crippen molar-refractivity contribution in [1.29, 1.82) is 0 Å². The molecule has 0 radical (unpaired) electrons. The van der Waals surface area contributed by atoms with Crippen LogP contribution in [0.4, 0.5) is 0 Å². The summed E-state index contributed by atoms with van der Waals surface area (Å²) in [6, 6.07) is -0.644. The van der Waals surface area contributed by atoms with E-state index in [1.807, 2.05) is 13.8 Å². The Hall–Kier alpha value is -2.00. The van der Waals surface area contributed by atoms with Gasteiger partial charge in [0.15, 0.2) is 0 Å². The number of hydrogen-bond donors (Lipinski definition) is 1. The summed E-state index contributed by atoms with van der Waals surface area (Å²) in [5.41, 5.74) is 2.93. The lowest BCUT2D eigenvalue weighted by molar-refractivity contribution is -0.919. The van der Waals surface area contributed by atoms with Gasteiger partial charge in [-0.25, -0.2) is 4.79 Å². The number of amides is 1. The Labute approximate surface area is 319 Å². The Morgan fingerprint density at radius 2 is 1.81 bits per heavy atom. The Kier molecular flexibility index (Phi) is 13.1. The molecule has 4 aliphatic carbocycles. The fourth-order valence-electron chi connectivity index (χ4n) is 12.0. The summed E-state index contributed by atoms with van der Waals surface area (Å²) in [5.74, 6) is 4.62. The number of fused-ring (bicyclic) bond motifs is 5. The van der Waals surface area contributed by atoms with Crippen LogP contribution in [0.3, 0.4) is 0 Å². The Morgan fingerprint density at radius 1 is 0.981 bits per heavy atom. The first-order valence-corrected chi connectivity index (χ1v) is 22.1. The highest BCUT2D eigenvalue weighted by Gasteiger charge is 2.59. The van der Waals surface area contributed by atoms with Crippen LogP contribution in [0.5, 0.6) is 5.88 Å². The quantitative estimate of drug-likeness (QED) is 0.103. The second kappa shape index (κ2) is 17.2. The predicted octanol–water partition coefficient (Wildman–Crippen LogP) is 9.59. The molecule has 6 rings (SSSR count). The molecule has 1 amide bonds. The van der Waals surface area contributed by atoms with Crippen molar-refractivity contribution in [3.05, 3.63) is 11.8 Å². The minimum atomic E-state index is -0.644. The summed E-state index contributed by atoms with van der Waals surface area (Å²) >= 11 is 1.19. The number of carbonyl (C=O) groups excluding carboxylic acids is 2. The SMILES string of the molecule is CCCCCCOc1nsnc1C1=CCC[N+](C)(COC(=O)C(NC(=O)CCCC2CCC3[C@@H]4CC[C@@H]5CCCCC5(C)C4CCC23C)C(C)C)C1. The zero-order chi connectivity index (χ0) is 36.9. The maximum absolute atomic E-state index is 13.5. The molecule has 7 unspecified atom stereocenters. The van der Waals surface area contributed by atoms with E-state index in [1.165, 1.54) is 88.8 Å². The van der Waals surface area contributed by atoms with Crippen molar-refractivity contribution in [2.75, 3.05) is 33.5 Å². The molecule has 0 spiro atoms. The van der Waals surface area contributed by atoms with E-state index in [-0.39, 0.29) is 24.5 Å². The third-order valence-electron chi connectivity index (χ3n) is 15.1. The Bertz CT molecular complexity index is 1400. The summed E-state index contributed by atoms with van der Waals surface area (Å²) in [7, 11) is 2.12. The van der Waals surface area contributed by atoms with E-state index in [4.69, 9.17) is 9.47 Å². The lowest BCUT2D eigenvalue weighted by atomic mass is 9.45. The summed E-state index contributed by atoms with van der Waals surface area (Å²) in [6.07, 6.45) is 24.4. The number of rotatable bonds is 16. The molecular formula is C43H71N4O4S+. The van der Waals surface area contributed by atoms with E-state index >= 15 is 0 Å². The monoisotopic (exact) mass is 740 g/mol. The fraction of sp³-hybridized carbons (Fsp3) is 0.860. The molecule has 1 aromatic heterocycles. The first-order valence-electron chi connectivity index (χ1n) is 21.4. The molecule has 1 aromatic rings. The molecule has 9 atom stereocenters. The zero-order valence-electron chi connectivity index (χ0n) is 33.6. The summed E-state index contributed by atoms with van der Waals surface area (Å²) in [6.45, 7) is 13.9. The van der Waals surface area contributed by atoms with E-state index in [9.17, 15) is 9.59 Å². The number of hydrogen-bond acceptors (Lipinski definition) is 7. The van der Waals surface area contributed by atoms with Crippen LogP contribution < -0.4 is 10.1 Å². The molecule has 292 valence electrons. The van der Waals surface area contributed by atoms with Gasteiger partial charge in [-0.3, -0.25) is 9.28 Å². The van der Waals surface area contributed by atoms with Crippen molar-refractivity contribution in [3.8, 4) is 5.88 Å². The molecule has 2 heterocycles. The number of unbranched alkanes of at least 4 members (excludes halogenated alkanes) is 3. The van der Waals surface area contributed by atoms with Gasteiger partial charge in [-0.2, -0.15) is 4.37 Å². The van der Waals surface area contributed by atoms with Crippen LogP contribution in [-0.2, 0) is 14.3 Å². The molecule has 1 aliphatic heterocycles. The Balaban J connectivity index is 0.954. The van der Waals surface area contributed by atoms with Crippen molar-refractivity contribution in [2.45, 2.75) is 156 Å². The second-order valence-electron chi connectivity index (χ2n) is 18.8. The number of carbonyl (C=O) groups is 2. The standard InChI is InChI=1S/C43H70N4O4S/c1-7-8-9-12-27-50-40-39(45-52-46-40)31-15-14-26-47(6,28-31)29-51-41(49)38(30(2)3)44-37(48)18-13-17-33-20-22-35-34-21-19-32-16-10-11-24-42(32,4)36(34)23-25-43(33,35)5/h15,30,32-36,38H,7-14,16-29H2,1-6H3/p+1/t32-,33?,34-,35?,36?,38?,42?,43?,47?/m0/s1. The van der Waals surface area contributed by atoms with Gasteiger partial charge in [-0.05, 0) is 117 Å². The van der Waals surface area contributed by atoms with Crippen LogP contribution in [0, 0.1) is 46.3 Å². The van der Waals surface area contributed by atoms with Crippen LogP contribution in [0.15, 0.2) is 6.08 Å². The van der Waals surface area contributed by atoms with E-state index in [2.05, 4.69) is 48.0 Å². The highest BCUT2D eigenvalue weighted by Crippen LogP contribution is 2.67. The second-order valence-corrected chi connectivity index (χ2v) is 19.4. The highest BCUT2D eigenvalue weighted by molar-refractivity contribution is 6.99. The number of nitrogens with one attached hydrogen (secondary N) is 1. The molecule has 4 fully saturated rings. The highest BCUT2D eigenvalue weighted by atomic mass is 32.1. The number of ether oxygens (including phenoxy) is 2. The van der Waals surface area contributed by atoms with Crippen molar-refractivity contribution >= 4 is 29.2 Å². The molecule has 5 aliphatic rings. The summed E-state index contributed by atoms with van der Waals surface area (Å²) < 4.78 is 21.6. The topological polar surface area (TPSA) is 90.4 Å². The molecule has 8 nitrogen and oxygen atoms in total. The van der Waals surface area contributed by atoms with E-state index in [0.29, 0.717) is 40.8 Å². The number of nitrogens with zero attached hydrogens (tertiary/aromatic N) is 3. The van der Waals surface area contributed by atoms with E-state index in [1.54, 1.807) is 0 Å². The number of quaternary nitrogens is 1. The zero-order valence-corrected chi connectivity index (χ0v) is 34.4. The van der Waals surface area contributed by atoms with Gasteiger partial charge < -0.3 is 14.8 Å². The minimum Gasteiger partial charge on any atom is -0.475 e. The molecule has 9 heteroatoms. The lowest BCUT2D eigenvalue weighted by Gasteiger charge is -2.60. The van der Waals surface area contributed by atoms with Crippen LogP contribution in [0.25, 0.3) is 5.57 Å². The predicted molar refractivity (Wildman–Crippen MR) is 209 cm³/mol. The smallest absolute Gasteiger partial charge is 0.333 e. The minimum absolute atomic E-state index is 0.0237. The maximum Gasteiger partial charge on any atom is 0.333 e. The van der Waals surface area contributed by atoms with Gasteiger partial charge >= 0.3 is 5.97 Å². The molecule has 52 heavy (non-hydrogen) atoms. The molecular weight excluding hydrogens is 669 g/mol. The average Bonchev–Trinajstić information content (AvgIpc) is 3.73. The fourth-order valence-corrected chi connectivity index (χ4v) is 12.5. The number of esters is 1. The van der Waals surface area contributed by atoms with Crippen molar-refractivity contribution in [1.82, 2.24) is 14.1 Å². The van der Waals surface area contributed by atoms with Crippen molar-refractivity contribution in [2.24, 2.45) is 46.3 Å². The van der Waals surface area contributed by atoms with Gasteiger partial charge in [0.05, 0.1) is 31.9 Å². The first-order chi connectivity index (χ1) is 25.0. The van der Waals surface area contributed by atoms with Crippen LogP contribution in [0.2, 0.25) is 0 Å². The van der Waals surface area contributed by atoms with E-state index in [0.717, 1.165) is 79.5 Å². The van der Waals surface area contributed by atoms with Gasteiger partial charge in [0.25, 0.3) is 5.88 Å². The molecule has 0 aromatic carbocycles. The van der Waals surface area contributed by atoms with Crippen LogP contribution >= 0.6 is 11.7 Å². The number of aromatic nitrogens is 2. The van der Waals surface area contributed by atoms with Crippen LogP contribution in [0.1, 0.15) is 156 Å². The largest absolute Gasteiger partial charge is 0.475 e. The molecule has 0 bridgehead atoms. The normalized spacial score (nSPS) is 34.8. The summed E-state index contributed by atoms with van der Waals surface area (Å²) in [4.78, 5) is 26.8. The first kappa shape index (κ1) is 39.7. The van der Waals surface area contributed by atoms with Gasteiger partial charge in [0, 0.05) is 18.4 Å². The average molecular weight is 740 g/mol. The number of likely N-dealkylation sites (N-methyl/N-ethyl adjacent to an activating group) is 1. The molecule has 4 saturated carbocycles. The summed E-state index contributed by atoms with van der Waals surface area (Å²) in [5, 5.41) is 3.08. The van der Waals surface area contributed by atoms with Crippen molar-refractivity contribution in [3.63, 3.8) is 0 Å². The van der Waals surface area contributed by atoms with Crippen molar-refractivity contribution < 1.29 is 23.5 Å². The molecule has 1 N–H and O–H groups in total. The third kappa shape index (κ3) is 8.61. The molecule has 0 saturated heterocycles. The van der Waals surface area contributed by atoms with Gasteiger partial charge in [-0.1, -0.05) is 72.8 Å². The third-order valence-corrected chi connectivity index (χ3v) is 15.6. The van der Waals surface area contributed by atoms with Gasteiger partial charge in [0.2, 0.25) is 12.6 Å². The Morgan fingerprint density at radius 3 is 2.62 bits per heavy atom. The lowest BCUT2D eigenvalue weighted by Crippen LogP contribution is -2.52. The van der Waals surface area contributed by atoms with Crippen LogP contribution in [-0.4, -0.2) is 64.6 Å². The van der Waals surface area contributed by atoms with Gasteiger partial charge in [0.1, 0.15) is 18.3 Å². The van der Waals surface area contributed by atoms with E-state index < -0.39 is 6.04 Å². The van der Waals surface area contributed by atoms with Gasteiger partial charge in [-0.15, -0.1) is 4.37 Å². The maximum atomic E-state index is 13.5.